The van der Waals surface area contributed by atoms with Crippen molar-refractivity contribution in [2.75, 3.05) is 44.1 Å². The number of anilines is 2. The fourth-order valence-electron chi connectivity index (χ4n) is 3.72. The molecule has 2 aromatic carbocycles. The Bertz CT molecular complexity index is 1040. The van der Waals surface area contributed by atoms with Crippen LogP contribution in [0.2, 0.25) is 0 Å². The van der Waals surface area contributed by atoms with Crippen LogP contribution in [-0.4, -0.2) is 44.7 Å². The van der Waals surface area contributed by atoms with Gasteiger partial charge in [-0.2, -0.15) is 0 Å². The van der Waals surface area contributed by atoms with Crippen LogP contribution in [0.15, 0.2) is 66.9 Å². The molecule has 0 aliphatic carbocycles. The summed E-state index contributed by atoms with van der Waals surface area (Å²) in [6, 6.07) is 19.4. The van der Waals surface area contributed by atoms with Crippen molar-refractivity contribution in [3.05, 3.63) is 78.0 Å². The average molecular weight is 418 g/mol. The van der Waals surface area contributed by atoms with E-state index in [9.17, 15) is 4.79 Å². The Morgan fingerprint density at radius 2 is 1.87 bits per heavy atom. The molecule has 3 aromatic rings. The number of methoxy groups -OCH3 is 2. The van der Waals surface area contributed by atoms with Crippen LogP contribution in [0.1, 0.15) is 22.0 Å². The molecule has 0 bridgehead atoms. The van der Waals surface area contributed by atoms with Gasteiger partial charge in [0.15, 0.2) is 11.5 Å². The molecule has 160 valence electrons. The number of pyridine rings is 1. The van der Waals surface area contributed by atoms with Crippen LogP contribution in [-0.2, 0) is 0 Å². The summed E-state index contributed by atoms with van der Waals surface area (Å²) >= 11 is 0. The predicted octanol–water partition coefficient (Wildman–Crippen LogP) is 3.50. The molecule has 0 unspecified atom stereocenters. The van der Waals surface area contributed by atoms with E-state index >= 15 is 0 Å². The van der Waals surface area contributed by atoms with E-state index in [0.29, 0.717) is 22.7 Å². The quantitative estimate of drug-likeness (QED) is 0.638. The number of piperazine rings is 1. The highest BCUT2D eigenvalue weighted by molar-refractivity contribution is 6.04. The van der Waals surface area contributed by atoms with Gasteiger partial charge in [-0.1, -0.05) is 30.3 Å². The maximum Gasteiger partial charge on any atom is 0.255 e. The normalized spacial score (nSPS) is 15.9. The van der Waals surface area contributed by atoms with E-state index in [1.165, 1.54) is 5.56 Å². The lowest BCUT2D eigenvalue weighted by atomic mass is 10.0. The summed E-state index contributed by atoms with van der Waals surface area (Å²) in [6.07, 6.45) is 1.68. The summed E-state index contributed by atoms with van der Waals surface area (Å²) in [5.74, 6) is 1.76. The monoisotopic (exact) mass is 418 g/mol. The number of carbonyl (C=O) groups is 1. The second-order valence-corrected chi connectivity index (χ2v) is 7.29. The van der Waals surface area contributed by atoms with E-state index in [1.54, 1.807) is 44.7 Å². The number of rotatable bonds is 6. The average Bonchev–Trinajstić information content (AvgIpc) is 2.84. The summed E-state index contributed by atoms with van der Waals surface area (Å²) in [5.41, 5.74) is 2.43. The molecule has 0 radical (unpaired) electrons. The molecule has 2 heterocycles. The number of amides is 1. The molecule has 0 spiro atoms. The van der Waals surface area contributed by atoms with E-state index in [1.807, 2.05) is 24.3 Å². The van der Waals surface area contributed by atoms with Gasteiger partial charge in [-0.15, -0.1) is 0 Å². The van der Waals surface area contributed by atoms with Gasteiger partial charge < -0.3 is 25.0 Å². The zero-order chi connectivity index (χ0) is 21.6. The minimum atomic E-state index is -0.203. The molecule has 1 saturated heterocycles. The van der Waals surface area contributed by atoms with E-state index in [0.717, 1.165) is 25.5 Å². The van der Waals surface area contributed by atoms with Crippen LogP contribution in [0.4, 0.5) is 11.5 Å². The molecule has 1 aromatic heterocycles. The number of hydrogen-bond acceptors (Lipinski definition) is 6. The Morgan fingerprint density at radius 1 is 1.06 bits per heavy atom. The first-order valence-electron chi connectivity index (χ1n) is 10.2. The van der Waals surface area contributed by atoms with Crippen molar-refractivity contribution in [1.82, 2.24) is 10.3 Å². The van der Waals surface area contributed by atoms with Crippen molar-refractivity contribution >= 4 is 17.4 Å². The van der Waals surface area contributed by atoms with Gasteiger partial charge in [0.05, 0.1) is 14.2 Å². The lowest BCUT2D eigenvalue weighted by Crippen LogP contribution is -2.46. The van der Waals surface area contributed by atoms with Gasteiger partial charge in [-0.25, -0.2) is 4.98 Å². The van der Waals surface area contributed by atoms with Gasteiger partial charge in [0.1, 0.15) is 5.82 Å². The Labute approximate surface area is 182 Å². The van der Waals surface area contributed by atoms with Crippen molar-refractivity contribution in [2.24, 2.45) is 0 Å². The number of ether oxygens (including phenoxy) is 2. The maximum atomic E-state index is 12.8. The van der Waals surface area contributed by atoms with Crippen molar-refractivity contribution in [3.63, 3.8) is 0 Å². The molecule has 0 saturated carbocycles. The van der Waals surface area contributed by atoms with Crippen LogP contribution in [0, 0.1) is 0 Å². The molecule has 1 amide bonds. The van der Waals surface area contributed by atoms with Crippen molar-refractivity contribution < 1.29 is 14.3 Å². The van der Waals surface area contributed by atoms with Gasteiger partial charge >= 0.3 is 0 Å². The smallest absolute Gasteiger partial charge is 0.255 e. The third-order valence-electron chi connectivity index (χ3n) is 5.35. The molecule has 2 N–H and O–H groups in total. The number of aromatic nitrogens is 1. The first-order chi connectivity index (χ1) is 15.2. The van der Waals surface area contributed by atoms with Crippen molar-refractivity contribution in [1.29, 1.82) is 0 Å². The number of nitrogens with zero attached hydrogens (tertiary/aromatic N) is 2. The first-order valence-corrected chi connectivity index (χ1v) is 10.2. The summed E-state index contributed by atoms with van der Waals surface area (Å²) in [6.45, 7) is 2.47. The van der Waals surface area contributed by atoms with E-state index in [2.05, 4.69) is 32.7 Å². The first kappa shape index (κ1) is 20.7. The highest BCUT2D eigenvalue weighted by Crippen LogP contribution is 2.30. The number of hydrogen-bond donors (Lipinski definition) is 2. The molecule has 1 fully saturated rings. The lowest BCUT2D eigenvalue weighted by Gasteiger charge is -2.34. The molecule has 1 aliphatic heterocycles. The molecule has 4 rings (SSSR count). The highest BCUT2D eigenvalue weighted by Gasteiger charge is 2.22. The van der Waals surface area contributed by atoms with E-state index < -0.39 is 0 Å². The Hall–Kier alpha value is -3.58. The van der Waals surface area contributed by atoms with E-state index in [-0.39, 0.29) is 11.9 Å². The van der Waals surface area contributed by atoms with Gasteiger partial charge in [-0.3, -0.25) is 4.79 Å². The SMILES string of the molecule is COc1ccc(NC(=O)c2ccnc(N3CCN[C@@H](c4ccccc4)C3)c2)cc1OC. The fourth-order valence-corrected chi connectivity index (χ4v) is 3.72. The maximum absolute atomic E-state index is 12.8. The van der Waals surface area contributed by atoms with Crippen molar-refractivity contribution in [3.8, 4) is 11.5 Å². The standard InChI is InChI=1S/C24H26N4O3/c1-30-21-9-8-19(15-22(21)31-2)27-24(29)18-10-11-26-23(14-18)28-13-12-25-20(16-28)17-6-4-3-5-7-17/h3-11,14-15,20,25H,12-13,16H2,1-2H3,(H,27,29)/t20-/m1/s1. The molecular weight excluding hydrogens is 392 g/mol. The second kappa shape index (κ2) is 9.49. The van der Waals surface area contributed by atoms with E-state index in [4.69, 9.17) is 9.47 Å². The fraction of sp³-hybridized carbons (Fsp3) is 0.250. The van der Waals surface area contributed by atoms with Crippen LogP contribution in [0.25, 0.3) is 0 Å². The molecule has 7 heteroatoms. The Morgan fingerprint density at radius 3 is 2.65 bits per heavy atom. The topological polar surface area (TPSA) is 75.7 Å². The summed E-state index contributed by atoms with van der Waals surface area (Å²) in [7, 11) is 3.14. The summed E-state index contributed by atoms with van der Waals surface area (Å²) in [5, 5.41) is 6.47. The van der Waals surface area contributed by atoms with Gasteiger partial charge in [0, 0.05) is 49.2 Å². The third-order valence-corrected chi connectivity index (χ3v) is 5.35. The van der Waals surface area contributed by atoms with Crippen LogP contribution in [0.3, 0.4) is 0 Å². The zero-order valence-corrected chi connectivity index (χ0v) is 17.7. The van der Waals surface area contributed by atoms with Crippen LogP contribution >= 0.6 is 0 Å². The van der Waals surface area contributed by atoms with Gasteiger partial charge in [0.2, 0.25) is 0 Å². The molecule has 31 heavy (non-hydrogen) atoms. The summed E-state index contributed by atoms with van der Waals surface area (Å²) < 4.78 is 10.6. The van der Waals surface area contributed by atoms with Crippen molar-refractivity contribution in [2.45, 2.75) is 6.04 Å². The minimum Gasteiger partial charge on any atom is -0.493 e. The van der Waals surface area contributed by atoms with Gasteiger partial charge in [0.25, 0.3) is 5.91 Å². The van der Waals surface area contributed by atoms with Crippen LogP contribution < -0.4 is 25.0 Å². The molecule has 7 nitrogen and oxygen atoms in total. The summed E-state index contributed by atoms with van der Waals surface area (Å²) in [4.78, 5) is 19.6. The number of carbonyl (C=O) groups excluding carboxylic acids is 1. The minimum absolute atomic E-state index is 0.203. The Balaban J connectivity index is 1.48. The predicted molar refractivity (Wildman–Crippen MR) is 121 cm³/mol. The highest BCUT2D eigenvalue weighted by atomic mass is 16.5. The number of nitrogens with one attached hydrogen (secondary N) is 2. The zero-order valence-electron chi connectivity index (χ0n) is 17.7. The third kappa shape index (κ3) is 4.78. The van der Waals surface area contributed by atoms with Gasteiger partial charge in [-0.05, 0) is 29.8 Å². The second-order valence-electron chi connectivity index (χ2n) is 7.29. The molecule has 1 atom stereocenters. The molecular formula is C24H26N4O3. The van der Waals surface area contributed by atoms with Crippen LogP contribution in [0.5, 0.6) is 11.5 Å². The Kier molecular flexibility index (Phi) is 6.33. The lowest BCUT2D eigenvalue weighted by molar-refractivity contribution is 0.102. The molecule has 1 aliphatic rings. The number of benzene rings is 2. The largest absolute Gasteiger partial charge is 0.493 e.